The highest BCUT2D eigenvalue weighted by Gasteiger charge is 2.22. The number of nitrogens with two attached hydrogens (primary N) is 1. The van der Waals surface area contributed by atoms with Gasteiger partial charge in [-0.15, -0.1) is 12.4 Å². The van der Waals surface area contributed by atoms with Crippen LogP contribution in [0.1, 0.15) is 18.9 Å². The second-order valence-corrected chi connectivity index (χ2v) is 6.58. The van der Waals surface area contributed by atoms with Crippen LogP contribution in [-0.4, -0.2) is 36.1 Å². The summed E-state index contributed by atoms with van der Waals surface area (Å²) < 4.78 is 0. The molecule has 1 fully saturated rings. The molecule has 130 valence electrons. The number of hydrogen-bond acceptors (Lipinski definition) is 4. The first-order chi connectivity index (χ1) is 11.1. The predicted molar refractivity (Wildman–Crippen MR) is 103 cm³/mol. The largest absolute Gasteiger partial charge is 0.329 e. The van der Waals surface area contributed by atoms with Gasteiger partial charge in [-0.2, -0.15) is 0 Å². The quantitative estimate of drug-likeness (QED) is 0.921. The van der Waals surface area contributed by atoms with Crippen molar-refractivity contribution in [2.24, 2.45) is 11.7 Å². The van der Waals surface area contributed by atoms with E-state index in [1.807, 2.05) is 31.4 Å². The van der Waals surface area contributed by atoms with Crippen molar-refractivity contribution < 1.29 is 0 Å². The van der Waals surface area contributed by atoms with E-state index in [-0.39, 0.29) is 12.4 Å². The molecule has 3 rings (SSSR count). The minimum Gasteiger partial charge on any atom is -0.329 e. The van der Waals surface area contributed by atoms with E-state index in [1.54, 1.807) is 0 Å². The highest BCUT2D eigenvalue weighted by Crippen LogP contribution is 2.22. The summed E-state index contributed by atoms with van der Waals surface area (Å²) in [6.07, 6.45) is 3.08. The van der Waals surface area contributed by atoms with Gasteiger partial charge < -0.3 is 10.6 Å². The van der Waals surface area contributed by atoms with E-state index < -0.39 is 0 Å². The molecule has 24 heavy (non-hydrogen) atoms. The molecule has 1 aliphatic heterocycles. The first kappa shape index (κ1) is 18.7. The van der Waals surface area contributed by atoms with Crippen LogP contribution in [0.3, 0.4) is 0 Å². The van der Waals surface area contributed by atoms with Gasteiger partial charge in [-0.05, 0) is 42.6 Å². The van der Waals surface area contributed by atoms with Crippen LogP contribution in [0.2, 0.25) is 0 Å². The number of nitrogens with zero attached hydrogens (tertiary/aromatic N) is 3. The molecule has 0 amide bonds. The van der Waals surface area contributed by atoms with E-state index in [0.29, 0.717) is 12.0 Å². The molecule has 2 heterocycles. The summed E-state index contributed by atoms with van der Waals surface area (Å²) >= 11 is 0. The van der Waals surface area contributed by atoms with Gasteiger partial charge in [-0.1, -0.05) is 31.2 Å². The second kappa shape index (κ2) is 8.47. The standard InChI is InChI=1S/C19H26N4.ClH/c1-15-13-23(11-10-18(15)20)14-16-8-9-19(21-12-16)22(2)17-6-4-3-5-7-17;/h3-9,12,15,18H,10-11,13-14,20H2,1-2H3;1H. The fourth-order valence-electron chi connectivity index (χ4n) is 3.14. The van der Waals surface area contributed by atoms with Gasteiger partial charge in [0.2, 0.25) is 0 Å². The average Bonchev–Trinajstić information content (AvgIpc) is 2.59. The molecule has 2 aromatic rings. The Bertz CT molecular complexity index is 617. The monoisotopic (exact) mass is 346 g/mol. The van der Waals surface area contributed by atoms with E-state index in [2.05, 4.69) is 46.0 Å². The zero-order valence-corrected chi connectivity index (χ0v) is 15.2. The molecule has 1 saturated heterocycles. The highest BCUT2D eigenvalue weighted by atomic mass is 35.5. The topological polar surface area (TPSA) is 45.4 Å². The van der Waals surface area contributed by atoms with E-state index in [4.69, 9.17) is 5.73 Å². The summed E-state index contributed by atoms with van der Waals surface area (Å²) in [6.45, 7) is 5.36. The number of piperidine rings is 1. The lowest BCUT2D eigenvalue weighted by Crippen LogP contribution is -2.45. The Kier molecular flexibility index (Phi) is 6.60. The molecule has 2 atom stereocenters. The first-order valence-electron chi connectivity index (χ1n) is 8.35. The van der Waals surface area contributed by atoms with Crippen molar-refractivity contribution in [1.29, 1.82) is 0 Å². The van der Waals surface area contributed by atoms with Crippen LogP contribution >= 0.6 is 12.4 Å². The van der Waals surface area contributed by atoms with Crippen molar-refractivity contribution in [3.63, 3.8) is 0 Å². The van der Waals surface area contributed by atoms with E-state index in [0.717, 1.165) is 37.6 Å². The molecule has 0 bridgehead atoms. The van der Waals surface area contributed by atoms with Crippen molar-refractivity contribution in [3.8, 4) is 0 Å². The Labute approximate surface area is 151 Å². The third-order valence-corrected chi connectivity index (χ3v) is 4.76. The second-order valence-electron chi connectivity index (χ2n) is 6.58. The lowest BCUT2D eigenvalue weighted by Gasteiger charge is -2.35. The predicted octanol–water partition coefficient (Wildman–Crippen LogP) is 3.44. The summed E-state index contributed by atoms with van der Waals surface area (Å²) in [5.74, 6) is 1.54. The molecule has 1 aromatic heterocycles. The van der Waals surface area contributed by atoms with Gasteiger partial charge in [0.1, 0.15) is 5.82 Å². The Balaban J connectivity index is 0.00000208. The maximum absolute atomic E-state index is 6.10. The Hall–Kier alpha value is -1.62. The highest BCUT2D eigenvalue weighted by molar-refractivity contribution is 5.85. The number of aromatic nitrogens is 1. The minimum absolute atomic E-state index is 0. The van der Waals surface area contributed by atoms with Gasteiger partial charge in [0.05, 0.1) is 0 Å². The number of hydrogen-bond donors (Lipinski definition) is 1. The summed E-state index contributed by atoms with van der Waals surface area (Å²) in [7, 11) is 2.05. The maximum atomic E-state index is 6.10. The third-order valence-electron chi connectivity index (χ3n) is 4.76. The summed E-state index contributed by atoms with van der Waals surface area (Å²) in [5.41, 5.74) is 8.50. The number of anilines is 2. The normalized spacial score (nSPS) is 21.1. The van der Waals surface area contributed by atoms with Crippen LogP contribution in [0.4, 0.5) is 11.5 Å². The smallest absolute Gasteiger partial charge is 0.132 e. The van der Waals surface area contributed by atoms with Crippen LogP contribution in [0.5, 0.6) is 0 Å². The molecule has 0 spiro atoms. The summed E-state index contributed by atoms with van der Waals surface area (Å²) in [4.78, 5) is 9.21. The van der Waals surface area contributed by atoms with E-state index in [9.17, 15) is 0 Å². The first-order valence-corrected chi connectivity index (χ1v) is 8.35. The molecule has 1 aliphatic rings. The van der Waals surface area contributed by atoms with Crippen LogP contribution in [0, 0.1) is 5.92 Å². The van der Waals surface area contributed by atoms with E-state index in [1.165, 1.54) is 5.56 Å². The average molecular weight is 347 g/mol. The number of pyridine rings is 1. The molecular weight excluding hydrogens is 320 g/mol. The van der Waals surface area contributed by atoms with Crippen molar-refractivity contribution in [3.05, 3.63) is 54.2 Å². The number of benzene rings is 1. The van der Waals surface area contributed by atoms with Gasteiger partial charge in [0, 0.05) is 38.1 Å². The van der Waals surface area contributed by atoms with Crippen molar-refractivity contribution in [2.45, 2.75) is 25.9 Å². The fraction of sp³-hybridized carbons (Fsp3) is 0.421. The van der Waals surface area contributed by atoms with Crippen molar-refractivity contribution in [1.82, 2.24) is 9.88 Å². The minimum atomic E-state index is 0. The summed E-state index contributed by atoms with van der Waals surface area (Å²) in [5, 5.41) is 0. The van der Waals surface area contributed by atoms with Crippen molar-refractivity contribution in [2.75, 3.05) is 25.0 Å². The zero-order chi connectivity index (χ0) is 16.2. The molecule has 5 heteroatoms. The molecular formula is C19H27ClN4. The Morgan fingerprint density at radius 1 is 1.21 bits per heavy atom. The Morgan fingerprint density at radius 2 is 1.96 bits per heavy atom. The molecule has 4 nitrogen and oxygen atoms in total. The number of halogens is 1. The van der Waals surface area contributed by atoms with Crippen LogP contribution in [0.25, 0.3) is 0 Å². The summed E-state index contributed by atoms with van der Waals surface area (Å²) in [6, 6.07) is 14.9. The molecule has 0 aliphatic carbocycles. The SMILES string of the molecule is CC1CN(Cc2ccc(N(C)c3ccccc3)nc2)CCC1N.Cl. The number of likely N-dealkylation sites (tertiary alicyclic amines) is 1. The van der Waals surface area contributed by atoms with Gasteiger partial charge >= 0.3 is 0 Å². The zero-order valence-electron chi connectivity index (χ0n) is 14.4. The molecule has 2 unspecified atom stereocenters. The molecule has 1 aromatic carbocycles. The molecule has 0 saturated carbocycles. The molecule has 0 radical (unpaired) electrons. The van der Waals surface area contributed by atoms with E-state index >= 15 is 0 Å². The Morgan fingerprint density at radius 3 is 2.58 bits per heavy atom. The van der Waals surface area contributed by atoms with Gasteiger partial charge in [-0.25, -0.2) is 4.98 Å². The van der Waals surface area contributed by atoms with Crippen molar-refractivity contribution >= 4 is 23.9 Å². The van der Waals surface area contributed by atoms with Gasteiger partial charge in [-0.3, -0.25) is 4.90 Å². The van der Waals surface area contributed by atoms with Crippen LogP contribution in [-0.2, 0) is 6.54 Å². The third kappa shape index (κ3) is 4.47. The lowest BCUT2D eigenvalue weighted by atomic mass is 9.94. The van der Waals surface area contributed by atoms with Gasteiger partial charge in [0.25, 0.3) is 0 Å². The van der Waals surface area contributed by atoms with Crippen LogP contribution < -0.4 is 10.6 Å². The fourth-order valence-corrected chi connectivity index (χ4v) is 3.14. The number of rotatable bonds is 4. The number of para-hydroxylation sites is 1. The maximum Gasteiger partial charge on any atom is 0.132 e. The lowest BCUT2D eigenvalue weighted by molar-refractivity contribution is 0.157. The molecule has 2 N–H and O–H groups in total. The van der Waals surface area contributed by atoms with Crippen LogP contribution in [0.15, 0.2) is 48.7 Å². The van der Waals surface area contributed by atoms with Gasteiger partial charge in [0.15, 0.2) is 0 Å².